The van der Waals surface area contributed by atoms with Gasteiger partial charge in [-0.3, -0.25) is 4.79 Å². The Hall–Kier alpha value is -3.55. The first-order chi connectivity index (χ1) is 12.9. The van der Waals surface area contributed by atoms with Crippen LogP contribution in [0, 0.1) is 11.6 Å². The van der Waals surface area contributed by atoms with Gasteiger partial charge in [0.2, 0.25) is 5.91 Å². The third kappa shape index (κ3) is 2.95. The van der Waals surface area contributed by atoms with Crippen molar-refractivity contribution in [3.05, 3.63) is 77.0 Å². The van der Waals surface area contributed by atoms with Gasteiger partial charge in [0.1, 0.15) is 17.3 Å². The average Bonchev–Trinajstić information content (AvgIpc) is 3.04. The molecule has 2 N–H and O–H groups in total. The first-order valence-electron chi connectivity index (χ1n) is 8.10. The number of aromatic carboxylic acids is 1. The number of amides is 1. The van der Waals surface area contributed by atoms with Crippen LogP contribution in [0.4, 0.5) is 14.6 Å². The maximum Gasteiger partial charge on any atom is 0.335 e. The van der Waals surface area contributed by atoms with E-state index < -0.39 is 17.6 Å². The number of rotatable bonds is 3. The molecule has 1 aliphatic rings. The highest BCUT2D eigenvalue weighted by Crippen LogP contribution is 2.38. The summed E-state index contributed by atoms with van der Waals surface area (Å²) in [6.07, 6.45) is 1.67. The summed E-state index contributed by atoms with van der Waals surface area (Å²) in [5.74, 6) is -2.87. The molecule has 2 aromatic carbocycles. The molecule has 4 rings (SSSR count). The minimum atomic E-state index is -1.04. The fraction of sp³-hybridized carbons (Fsp3) is 0.105. The van der Waals surface area contributed by atoms with Crippen molar-refractivity contribution >= 4 is 17.7 Å². The number of halogens is 2. The van der Waals surface area contributed by atoms with E-state index in [1.807, 2.05) is 0 Å². The molecule has 0 saturated heterocycles. The highest BCUT2D eigenvalue weighted by atomic mass is 19.1. The van der Waals surface area contributed by atoms with Crippen molar-refractivity contribution in [1.82, 2.24) is 9.78 Å². The number of aromatic nitrogens is 2. The molecule has 6 nitrogen and oxygen atoms in total. The number of nitrogens with one attached hydrogen (secondary N) is 1. The molecule has 27 heavy (non-hydrogen) atoms. The molecule has 0 bridgehead atoms. The number of nitrogens with zero attached hydrogens (tertiary/aromatic N) is 2. The van der Waals surface area contributed by atoms with Crippen LogP contribution in [0.3, 0.4) is 0 Å². The smallest absolute Gasteiger partial charge is 0.335 e. The van der Waals surface area contributed by atoms with Gasteiger partial charge in [0, 0.05) is 24.0 Å². The second-order valence-electron chi connectivity index (χ2n) is 6.19. The van der Waals surface area contributed by atoms with Gasteiger partial charge in [-0.2, -0.15) is 5.10 Å². The van der Waals surface area contributed by atoms with Crippen molar-refractivity contribution in [2.24, 2.45) is 0 Å². The number of fused-ring (bicyclic) bond motifs is 1. The van der Waals surface area contributed by atoms with Crippen molar-refractivity contribution in [2.45, 2.75) is 12.3 Å². The molecule has 1 atom stereocenters. The van der Waals surface area contributed by atoms with Crippen molar-refractivity contribution in [3.63, 3.8) is 0 Å². The number of benzene rings is 2. The minimum Gasteiger partial charge on any atom is -0.478 e. The number of carboxylic acids is 1. The number of hydrogen-bond acceptors (Lipinski definition) is 3. The zero-order valence-corrected chi connectivity index (χ0v) is 13.8. The normalized spacial score (nSPS) is 15.9. The summed E-state index contributed by atoms with van der Waals surface area (Å²) in [4.78, 5) is 23.2. The van der Waals surface area contributed by atoms with Crippen LogP contribution in [0.25, 0.3) is 5.69 Å². The predicted molar refractivity (Wildman–Crippen MR) is 92.0 cm³/mol. The average molecular weight is 369 g/mol. The Morgan fingerprint density at radius 1 is 1.19 bits per heavy atom. The molecule has 0 saturated carbocycles. The van der Waals surface area contributed by atoms with E-state index in [-0.39, 0.29) is 29.5 Å². The van der Waals surface area contributed by atoms with Crippen LogP contribution in [0.1, 0.15) is 33.8 Å². The summed E-state index contributed by atoms with van der Waals surface area (Å²) in [6.45, 7) is 0. The van der Waals surface area contributed by atoms with Crippen molar-refractivity contribution in [3.8, 4) is 5.69 Å². The molecule has 1 amide bonds. The van der Waals surface area contributed by atoms with Gasteiger partial charge in [-0.15, -0.1) is 0 Å². The Kier molecular flexibility index (Phi) is 3.95. The molecule has 0 radical (unpaired) electrons. The second-order valence-corrected chi connectivity index (χ2v) is 6.19. The molecule has 2 heterocycles. The number of anilines is 1. The molecule has 0 fully saturated rings. The first kappa shape index (κ1) is 16.9. The summed E-state index contributed by atoms with van der Waals surface area (Å²) >= 11 is 0. The van der Waals surface area contributed by atoms with Crippen LogP contribution >= 0.6 is 0 Å². The summed E-state index contributed by atoms with van der Waals surface area (Å²) in [5.41, 5.74) is 1.57. The van der Waals surface area contributed by atoms with Gasteiger partial charge in [0.25, 0.3) is 0 Å². The third-order valence-electron chi connectivity index (χ3n) is 4.52. The van der Waals surface area contributed by atoms with Crippen molar-refractivity contribution in [2.75, 3.05) is 5.32 Å². The van der Waals surface area contributed by atoms with Crippen LogP contribution in [-0.2, 0) is 4.79 Å². The van der Waals surface area contributed by atoms with Crippen LogP contribution in [-0.4, -0.2) is 26.8 Å². The van der Waals surface area contributed by atoms with E-state index >= 15 is 0 Å². The van der Waals surface area contributed by atoms with E-state index in [2.05, 4.69) is 10.4 Å². The maximum absolute atomic E-state index is 14.2. The van der Waals surface area contributed by atoms with Gasteiger partial charge in [0.05, 0.1) is 11.8 Å². The lowest BCUT2D eigenvalue weighted by Gasteiger charge is -2.24. The zero-order valence-electron chi connectivity index (χ0n) is 13.8. The number of carbonyl (C=O) groups is 2. The molecule has 0 aliphatic carbocycles. The number of hydrogen-bond donors (Lipinski definition) is 2. The second kappa shape index (κ2) is 6.31. The van der Waals surface area contributed by atoms with E-state index in [1.54, 1.807) is 12.1 Å². The summed E-state index contributed by atoms with van der Waals surface area (Å²) in [5, 5.41) is 15.9. The summed E-state index contributed by atoms with van der Waals surface area (Å²) in [7, 11) is 0. The van der Waals surface area contributed by atoms with Gasteiger partial charge < -0.3 is 10.4 Å². The van der Waals surface area contributed by atoms with Crippen molar-refractivity contribution in [1.29, 1.82) is 0 Å². The molecule has 1 aromatic heterocycles. The topological polar surface area (TPSA) is 84.2 Å². The first-order valence-corrected chi connectivity index (χ1v) is 8.10. The predicted octanol–water partition coefficient (Wildman–Crippen LogP) is 3.32. The van der Waals surface area contributed by atoms with Crippen LogP contribution < -0.4 is 5.32 Å². The fourth-order valence-corrected chi connectivity index (χ4v) is 3.21. The third-order valence-corrected chi connectivity index (χ3v) is 4.52. The van der Waals surface area contributed by atoms with Gasteiger partial charge in [-0.1, -0.05) is 12.1 Å². The van der Waals surface area contributed by atoms with E-state index in [9.17, 15) is 18.4 Å². The lowest BCUT2D eigenvalue weighted by atomic mass is 9.87. The maximum atomic E-state index is 14.2. The number of carboxylic acid groups (broad SMARTS) is 1. The largest absolute Gasteiger partial charge is 0.478 e. The molecule has 136 valence electrons. The SMILES string of the molecule is O=C1CC(c2ccc(C(=O)O)cc2)c2cnn(-c3ccc(F)cc3F)c2N1. The van der Waals surface area contributed by atoms with Crippen LogP contribution in [0.5, 0.6) is 0 Å². The lowest BCUT2D eigenvalue weighted by molar-refractivity contribution is -0.116. The van der Waals surface area contributed by atoms with Crippen LogP contribution in [0.2, 0.25) is 0 Å². The Balaban J connectivity index is 1.78. The zero-order chi connectivity index (χ0) is 19.1. The Labute approximate surface area is 152 Å². The lowest BCUT2D eigenvalue weighted by Crippen LogP contribution is -2.24. The molecule has 8 heteroatoms. The van der Waals surface area contributed by atoms with Gasteiger partial charge in [-0.25, -0.2) is 18.3 Å². The van der Waals surface area contributed by atoms with Crippen LogP contribution in [0.15, 0.2) is 48.7 Å². The molecule has 1 aliphatic heterocycles. The molecular weight excluding hydrogens is 356 g/mol. The molecule has 3 aromatic rings. The fourth-order valence-electron chi connectivity index (χ4n) is 3.21. The van der Waals surface area contributed by atoms with E-state index in [0.29, 0.717) is 11.4 Å². The highest BCUT2D eigenvalue weighted by Gasteiger charge is 2.31. The van der Waals surface area contributed by atoms with E-state index in [4.69, 9.17) is 5.11 Å². The van der Waals surface area contributed by atoms with E-state index in [1.165, 1.54) is 29.1 Å². The summed E-state index contributed by atoms with van der Waals surface area (Å²) < 4.78 is 28.6. The monoisotopic (exact) mass is 369 g/mol. The highest BCUT2D eigenvalue weighted by molar-refractivity contribution is 5.94. The van der Waals surface area contributed by atoms with Gasteiger partial charge >= 0.3 is 5.97 Å². The standard InChI is InChI=1S/C19H13F2N3O3/c20-12-5-6-16(15(21)7-12)24-18-14(9-22-24)13(8-17(25)23-18)10-1-3-11(4-2-10)19(26)27/h1-7,9,13H,8H2,(H,23,25)(H,26,27). The minimum absolute atomic E-state index is 0.0137. The molecular formula is C19H13F2N3O3. The Morgan fingerprint density at radius 2 is 1.93 bits per heavy atom. The van der Waals surface area contributed by atoms with Gasteiger partial charge in [0.15, 0.2) is 5.82 Å². The van der Waals surface area contributed by atoms with Gasteiger partial charge in [-0.05, 0) is 29.8 Å². The Bertz CT molecular complexity index is 1060. The van der Waals surface area contributed by atoms with E-state index in [0.717, 1.165) is 17.7 Å². The molecule has 1 unspecified atom stereocenters. The quantitative estimate of drug-likeness (QED) is 0.742. The molecule has 0 spiro atoms. The number of carbonyl (C=O) groups excluding carboxylic acids is 1. The summed E-state index contributed by atoms with van der Waals surface area (Å²) in [6, 6.07) is 9.32. The Morgan fingerprint density at radius 3 is 2.59 bits per heavy atom. The van der Waals surface area contributed by atoms with Crippen molar-refractivity contribution < 1.29 is 23.5 Å².